The Morgan fingerprint density at radius 2 is 0.595 bits per heavy atom. The van der Waals surface area contributed by atoms with Crippen molar-refractivity contribution in [2.75, 3.05) is 152 Å². The number of amides is 2. The summed E-state index contributed by atoms with van der Waals surface area (Å²) >= 11 is 0. The van der Waals surface area contributed by atoms with Crippen LogP contribution < -0.4 is 0 Å². The van der Waals surface area contributed by atoms with Crippen LogP contribution in [0.4, 0.5) is 0 Å². The van der Waals surface area contributed by atoms with Crippen LogP contribution in [0.1, 0.15) is 6.92 Å². The zero-order valence-corrected chi connectivity index (χ0v) is 25.2. The molecular weight excluding hydrogens is 558 g/mol. The average Bonchev–Trinajstić information content (AvgIpc) is 3.31. The fourth-order valence-corrected chi connectivity index (χ4v) is 3.15. The van der Waals surface area contributed by atoms with Gasteiger partial charge >= 0.3 is 0 Å². The van der Waals surface area contributed by atoms with Crippen molar-refractivity contribution in [3.63, 3.8) is 0 Å². The first-order valence-electron chi connectivity index (χ1n) is 14.6. The van der Waals surface area contributed by atoms with E-state index >= 15 is 0 Å². The molecule has 0 N–H and O–H groups in total. The third-order valence-electron chi connectivity index (χ3n) is 5.28. The van der Waals surface area contributed by atoms with Crippen LogP contribution in [0.25, 0.3) is 0 Å². The molecule has 0 fully saturated rings. The van der Waals surface area contributed by atoms with Gasteiger partial charge < -0.3 is 52.1 Å². The van der Waals surface area contributed by atoms with Crippen LogP contribution in [0.5, 0.6) is 0 Å². The van der Waals surface area contributed by atoms with Gasteiger partial charge in [-0.1, -0.05) is 0 Å². The first-order valence-corrected chi connectivity index (χ1v) is 14.6. The number of imide groups is 1. The van der Waals surface area contributed by atoms with Crippen LogP contribution in [-0.4, -0.2) is 169 Å². The summed E-state index contributed by atoms with van der Waals surface area (Å²) in [6.07, 6.45) is 2.51. The van der Waals surface area contributed by atoms with E-state index in [0.29, 0.717) is 139 Å². The molecule has 1 aliphatic heterocycles. The van der Waals surface area contributed by atoms with Gasteiger partial charge in [0, 0.05) is 18.8 Å². The zero-order chi connectivity index (χ0) is 30.2. The molecule has 0 aliphatic carbocycles. The number of nitrogens with zero attached hydrogens (tertiary/aromatic N) is 1. The fraction of sp³-hybridized carbons (Fsp3) is 0.857. The number of ether oxygens (including phenoxy) is 11. The fourth-order valence-electron chi connectivity index (χ4n) is 3.15. The second kappa shape index (κ2) is 30.9. The van der Waals surface area contributed by atoms with Crippen LogP contribution >= 0.6 is 0 Å². The summed E-state index contributed by atoms with van der Waals surface area (Å²) < 4.78 is 59.4. The summed E-state index contributed by atoms with van der Waals surface area (Å²) in [7, 11) is 0. The van der Waals surface area contributed by atoms with Gasteiger partial charge in [-0.3, -0.25) is 14.5 Å². The Hall–Kier alpha value is -1.56. The third kappa shape index (κ3) is 25.0. The minimum Gasteiger partial charge on any atom is -0.379 e. The molecule has 0 bridgehead atoms. The summed E-state index contributed by atoms with van der Waals surface area (Å²) in [5.74, 6) is -0.611. The van der Waals surface area contributed by atoms with E-state index in [1.807, 2.05) is 6.92 Å². The maximum absolute atomic E-state index is 11.4. The average molecular weight is 610 g/mol. The molecule has 0 saturated carbocycles. The van der Waals surface area contributed by atoms with E-state index in [1.54, 1.807) is 0 Å². The van der Waals surface area contributed by atoms with Crippen molar-refractivity contribution in [3.8, 4) is 0 Å². The van der Waals surface area contributed by atoms with Crippen molar-refractivity contribution in [1.82, 2.24) is 4.90 Å². The molecule has 246 valence electrons. The molecular formula is C28H51NO13. The molecule has 0 spiro atoms. The first-order chi connectivity index (χ1) is 20.8. The van der Waals surface area contributed by atoms with E-state index in [-0.39, 0.29) is 25.0 Å². The Labute approximate surface area is 249 Å². The minimum absolute atomic E-state index is 0.241. The van der Waals surface area contributed by atoms with E-state index in [4.69, 9.17) is 52.1 Å². The van der Waals surface area contributed by atoms with E-state index in [0.717, 1.165) is 4.90 Å². The molecule has 0 radical (unpaired) electrons. The second-order valence-electron chi connectivity index (χ2n) is 8.48. The molecule has 14 heteroatoms. The van der Waals surface area contributed by atoms with Gasteiger partial charge in [-0.15, -0.1) is 0 Å². The lowest BCUT2D eigenvalue weighted by Crippen LogP contribution is -2.33. The van der Waals surface area contributed by atoms with Gasteiger partial charge in [0.25, 0.3) is 11.8 Å². The van der Waals surface area contributed by atoms with E-state index in [9.17, 15) is 9.59 Å². The van der Waals surface area contributed by atoms with Crippen LogP contribution in [-0.2, 0) is 61.7 Å². The summed E-state index contributed by atoms with van der Waals surface area (Å²) in [6, 6.07) is 0. The third-order valence-corrected chi connectivity index (χ3v) is 5.28. The molecule has 0 aromatic carbocycles. The van der Waals surface area contributed by atoms with E-state index in [1.165, 1.54) is 12.2 Å². The van der Waals surface area contributed by atoms with Gasteiger partial charge in [0.15, 0.2) is 0 Å². The Kier molecular flexibility index (Phi) is 28.3. The highest BCUT2D eigenvalue weighted by molar-refractivity contribution is 6.12. The molecule has 1 rings (SSSR count). The van der Waals surface area contributed by atoms with Gasteiger partial charge in [0.1, 0.15) is 0 Å². The van der Waals surface area contributed by atoms with Crippen molar-refractivity contribution in [3.05, 3.63) is 12.2 Å². The van der Waals surface area contributed by atoms with Gasteiger partial charge in [0.05, 0.1) is 145 Å². The second-order valence-corrected chi connectivity index (χ2v) is 8.48. The van der Waals surface area contributed by atoms with Crippen LogP contribution in [0.2, 0.25) is 0 Å². The van der Waals surface area contributed by atoms with Crippen molar-refractivity contribution < 1.29 is 61.7 Å². The van der Waals surface area contributed by atoms with Crippen molar-refractivity contribution in [2.45, 2.75) is 6.92 Å². The summed E-state index contributed by atoms with van der Waals surface area (Å²) in [5.41, 5.74) is 0. The number of rotatable bonds is 34. The predicted molar refractivity (Wildman–Crippen MR) is 151 cm³/mol. The molecule has 0 saturated heterocycles. The molecule has 14 nitrogen and oxygen atoms in total. The first kappa shape index (κ1) is 38.5. The predicted octanol–water partition coefficient (Wildman–Crippen LogP) is 0.114. The summed E-state index contributed by atoms with van der Waals surface area (Å²) in [4.78, 5) is 23.9. The lowest BCUT2D eigenvalue weighted by atomic mass is 10.5. The smallest absolute Gasteiger partial charge is 0.253 e. The Morgan fingerprint density at radius 1 is 0.381 bits per heavy atom. The van der Waals surface area contributed by atoms with Crippen LogP contribution in [0.3, 0.4) is 0 Å². The quantitative estimate of drug-likeness (QED) is 0.0721. The topological polar surface area (TPSA) is 139 Å². The number of hydrogen-bond acceptors (Lipinski definition) is 13. The minimum atomic E-state index is -0.305. The largest absolute Gasteiger partial charge is 0.379 e. The van der Waals surface area contributed by atoms with Gasteiger partial charge in [-0.2, -0.15) is 0 Å². The SMILES string of the molecule is CCOCCOCCOCCOCCOCCOCCOCCOCCOCCOCCOCCN1C(=O)C=CC1=O. The highest BCUT2D eigenvalue weighted by atomic mass is 16.6. The van der Waals surface area contributed by atoms with Crippen molar-refractivity contribution in [2.24, 2.45) is 0 Å². The van der Waals surface area contributed by atoms with Gasteiger partial charge in [0.2, 0.25) is 0 Å². The maximum Gasteiger partial charge on any atom is 0.253 e. The number of carbonyl (C=O) groups excluding carboxylic acids is 2. The molecule has 42 heavy (non-hydrogen) atoms. The highest BCUT2D eigenvalue weighted by Gasteiger charge is 2.22. The normalized spacial score (nSPS) is 13.2. The van der Waals surface area contributed by atoms with Crippen LogP contribution in [0.15, 0.2) is 12.2 Å². The van der Waals surface area contributed by atoms with E-state index < -0.39 is 0 Å². The highest BCUT2D eigenvalue weighted by Crippen LogP contribution is 2.02. The Bertz CT molecular complexity index is 635. The van der Waals surface area contributed by atoms with Crippen molar-refractivity contribution >= 4 is 11.8 Å². The maximum atomic E-state index is 11.4. The number of hydrogen-bond donors (Lipinski definition) is 0. The molecule has 1 heterocycles. The summed E-state index contributed by atoms with van der Waals surface area (Å²) in [5, 5.41) is 0. The molecule has 1 aliphatic rings. The van der Waals surface area contributed by atoms with Gasteiger partial charge in [-0.05, 0) is 6.92 Å². The van der Waals surface area contributed by atoms with Gasteiger partial charge in [-0.25, -0.2) is 0 Å². The standard InChI is InChI=1S/C28H51NO13/c1-2-32-7-8-34-11-12-36-15-16-38-19-20-40-23-24-42-26-25-41-22-21-39-18-17-37-14-13-35-10-9-33-6-5-29-27(30)3-4-28(29)31/h3-4H,2,5-26H2,1H3. The lowest BCUT2D eigenvalue weighted by molar-refractivity contribution is -0.137. The number of carbonyl (C=O) groups is 2. The van der Waals surface area contributed by atoms with Crippen molar-refractivity contribution in [1.29, 1.82) is 0 Å². The Balaban J connectivity index is 1.63. The van der Waals surface area contributed by atoms with Crippen LogP contribution in [0, 0.1) is 0 Å². The lowest BCUT2D eigenvalue weighted by Gasteiger charge is -2.13. The molecule has 2 amide bonds. The monoisotopic (exact) mass is 609 g/mol. The Morgan fingerprint density at radius 3 is 0.833 bits per heavy atom. The zero-order valence-electron chi connectivity index (χ0n) is 25.2. The summed E-state index contributed by atoms with van der Waals surface area (Å²) in [6.45, 7) is 13.2. The molecule has 0 atom stereocenters. The molecule has 0 aromatic heterocycles. The van der Waals surface area contributed by atoms with E-state index in [2.05, 4.69) is 0 Å². The molecule has 0 unspecified atom stereocenters. The molecule has 0 aromatic rings.